The average Bonchev–Trinajstić information content (AvgIpc) is 3.05. The molecule has 2 N–H and O–H groups in total. The summed E-state index contributed by atoms with van der Waals surface area (Å²) in [4.78, 5) is 19.2. The molecule has 0 saturated heterocycles. The van der Waals surface area contributed by atoms with Gasteiger partial charge in [-0.05, 0) is 24.3 Å². The summed E-state index contributed by atoms with van der Waals surface area (Å²) in [7, 11) is 0. The van der Waals surface area contributed by atoms with Gasteiger partial charge in [-0.15, -0.1) is 0 Å². The summed E-state index contributed by atoms with van der Waals surface area (Å²) in [6, 6.07) is 10.2. The summed E-state index contributed by atoms with van der Waals surface area (Å²) in [6.45, 7) is 1.10. The minimum atomic E-state index is 0.0177. The molecule has 21 heavy (non-hydrogen) atoms. The first kappa shape index (κ1) is 14.0. The Balaban J connectivity index is 1.97. The van der Waals surface area contributed by atoms with E-state index in [4.69, 9.17) is 5.73 Å². The number of benzene rings is 1. The Kier molecular flexibility index (Phi) is 4.15. The fourth-order valence-electron chi connectivity index (χ4n) is 3.23. The molecular weight excluding hydrogens is 262 g/mol. The molecule has 1 amide bonds. The van der Waals surface area contributed by atoms with Crippen LogP contribution >= 0.6 is 0 Å². The highest BCUT2D eigenvalue weighted by atomic mass is 16.2. The van der Waals surface area contributed by atoms with E-state index < -0.39 is 0 Å². The third-order valence-electron chi connectivity index (χ3n) is 4.27. The Morgan fingerprint density at radius 3 is 2.76 bits per heavy atom. The van der Waals surface area contributed by atoms with Crippen LogP contribution in [0.15, 0.2) is 36.5 Å². The molecule has 1 aliphatic carbocycles. The van der Waals surface area contributed by atoms with Crippen LogP contribution in [-0.4, -0.2) is 34.9 Å². The van der Waals surface area contributed by atoms with E-state index in [1.807, 2.05) is 35.2 Å². The van der Waals surface area contributed by atoms with Crippen molar-refractivity contribution in [2.24, 2.45) is 5.73 Å². The number of hydrogen-bond acceptors (Lipinski definition) is 3. The lowest BCUT2D eigenvalue weighted by molar-refractivity contribution is 0.0684. The molecule has 4 nitrogen and oxygen atoms in total. The Bertz CT molecular complexity index is 629. The van der Waals surface area contributed by atoms with Crippen molar-refractivity contribution in [1.29, 1.82) is 0 Å². The van der Waals surface area contributed by atoms with E-state index in [1.54, 1.807) is 6.20 Å². The van der Waals surface area contributed by atoms with Crippen molar-refractivity contribution >= 4 is 16.7 Å². The number of aromatic nitrogens is 1. The van der Waals surface area contributed by atoms with Gasteiger partial charge in [-0.25, -0.2) is 0 Å². The zero-order chi connectivity index (χ0) is 14.7. The zero-order valence-electron chi connectivity index (χ0n) is 12.2. The molecular formula is C17H21N3O. The lowest BCUT2D eigenvalue weighted by atomic mass is 10.1. The number of nitrogens with zero attached hydrogens (tertiary/aromatic N) is 2. The van der Waals surface area contributed by atoms with Crippen molar-refractivity contribution in [1.82, 2.24) is 9.88 Å². The Hall–Kier alpha value is -1.94. The van der Waals surface area contributed by atoms with Crippen molar-refractivity contribution in [3.8, 4) is 0 Å². The number of amides is 1. The van der Waals surface area contributed by atoms with E-state index >= 15 is 0 Å². The summed E-state index contributed by atoms with van der Waals surface area (Å²) in [6.07, 6.45) is 6.27. The molecule has 0 radical (unpaired) electrons. The van der Waals surface area contributed by atoms with Crippen molar-refractivity contribution in [3.63, 3.8) is 0 Å². The Labute approximate surface area is 125 Å². The first-order valence-corrected chi connectivity index (χ1v) is 7.66. The standard InChI is InChI=1S/C17H21N3O/c18-10-12-20(14-6-2-3-7-14)17(21)16-15-8-4-1-5-13(15)9-11-19-16/h1,4-5,8-9,11,14H,2-3,6-7,10,12,18H2. The van der Waals surface area contributed by atoms with Crippen LogP contribution in [0.1, 0.15) is 36.2 Å². The summed E-state index contributed by atoms with van der Waals surface area (Å²) >= 11 is 0. The predicted molar refractivity (Wildman–Crippen MR) is 84.1 cm³/mol. The van der Waals surface area contributed by atoms with Gasteiger partial charge in [0.1, 0.15) is 5.69 Å². The number of nitrogens with two attached hydrogens (primary N) is 1. The molecule has 1 aromatic carbocycles. The second kappa shape index (κ2) is 6.22. The normalized spacial score (nSPS) is 15.5. The van der Waals surface area contributed by atoms with Crippen molar-refractivity contribution in [3.05, 3.63) is 42.2 Å². The molecule has 0 unspecified atom stereocenters. The van der Waals surface area contributed by atoms with E-state index in [9.17, 15) is 4.79 Å². The molecule has 110 valence electrons. The van der Waals surface area contributed by atoms with Gasteiger partial charge in [0.2, 0.25) is 0 Å². The molecule has 1 fully saturated rings. The second-order valence-electron chi connectivity index (χ2n) is 5.61. The highest BCUT2D eigenvalue weighted by molar-refractivity contribution is 6.05. The third kappa shape index (κ3) is 2.76. The molecule has 1 aliphatic rings. The fraction of sp³-hybridized carbons (Fsp3) is 0.412. The SMILES string of the molecule is NCCN(C(=O)c1nccc2ccccc12)C1CCCC1. The lowest BCUT2D eigenvalue weighted by Gasteiger charge is -2.28. The first-order valence-electron chi connectivity index (χ1n) is 7.66. The average molecular weight is 283 g/mol. The van der Waals surface area contributed by atoms with Crippen LogP contribution in [0, 0.1) is 0 Å². The van der Waals surface area contributed by atoms with Gasteiger partial charge < -0.3 is 10.6 Å². The maximum absolute atomic E-state index is 12.9. The van der Waals surface area contributed by atoms with Crippen LogP contribution in [0.4, 0.5) is 0 Å². The Morgan fingerprint density at radius 2 is 2.00 bits per heavy atom. The number of hydrogen-bond donors (Lipinski definition) is 1. The number of pyridine rings is 1. The van der Waals surface area contributed by atoms with Gasteiger partial charge in [0, 0.05) is 30.7 Å². The van der Waals surface area contributed by atoms with Crippen molar-refractivity contribution in [2.75, 3.05) is 13.1 Å². The molecule has 0 spiro atoms. The van der Waals surface area contributed by atoms with Gasteiger partial charge in [0.25, 0.3) is 5.91 Å². The van der Waals surface area contributed by atoms with Crippen molar-refractivity contribution in [2.45, 2.75) is 31.7 Å². The van der Waals surface area contributed by atoms with Crippen molar-refractivity contribution < 1.29 is 4.79 Å². The molecule has 2 aromatic rings. The maximum atomic E-state index is 12.9. The molecule has 0 atom stereocenters. The third-order valence-corrected chi connectivity index (χ3v) is 4.27. The molecule has 0 aliphatic heterocycles. The van der Waals surface area contributed by atoms with E-state index in [2.05, 4.69) is 4.98 Å². The van der Waals surface area contributed by atoms with Crippen LogP contribution < -0.4 is 5.73 Å². The minimum absolute atomic E-state index is 0.0177. The van der Waals surface area contributed by atoms with Crippen LogP contribution in [0.2, 0.25) is 0 Å². The lowest BCUT2D eigenvalue weighted by Crippen LogP contribution is -2.42. The van der Waals surface area contributed by atoms with Gasteiger partial charge in [-0.1, -0.05) is 37.1 Å². The van der Waals surface area contributed by atoms with Gasteiger partial charge in [0.05, 0.1) is 0 Å². The van der Waals surface area contributed by atoms with Crippen LogP contribution in [0.25, 0.3) is 10.8 Å². The van der Waals surface area contributed by atoms with Gasteiger partial charge in [-0.2, -0.15) is 0 Å². The second-order valence-corrected chi connectivity index (χ2v) is 5.61. The number of carbonyl (C=O) groups is 1. The Morgan fingerprint density at radius 1 is 1.24 bits per heavy atom. The molecule has 1 saturated carbocycles. The van der Waals surface area contributed by atoms with E-state index in [-0.39, 0.29) is 5.91 Å². The quantitative estimate of drug-likeness (QED) is 0.938. The van der Waals surface area contributed by atoms with Gasteiger partial charge in [0.15, 0.2) is 0 Å². The van der Waals surface area contributed by atoms with Crippen LogP contribution in [0.5, 0.6) is 0 Å². The number of fused-ring (bicyclic) bond motifs is 1. The highest BCUT2D eigenvalue weighted by Crippen LogP contribution is 2.26. The van der Waals surface area contributed by atoms with Gasteiger partial charge >= 0.3 is 0 Å². The van der Waals surface area contributed by atoms with Crippen LogP contribution in [-0.2, 0) is 0 Å². The number of rotatable bonds is 4. The highest BCUT2D eigenvalue weighted by Gasteiger charge is 2.28. The summed E-state index contributed by atoms with van der Waals surface area (Å²) < 4.78 is 0. The van der Waals surface area contributed by atoms with E-state index in [1.165, 1.54) is 12.8 Å². The smallest absolute Gasteiger partial charge is 0.273 e. The van der Waals surface area contributed by atoms with Gasteiger partial charge in [-0.3, -0.25) is 9.78 Å². The maximum Gasteiger partial charge on any atom is 0.273 e. The number of carbonyl (C=O) groups excluding carboxylic acids is 1. The monoisotopic (exact) mass is 283 g/mol. The minimum Gasteiger partial charge on any atom is -0.333 e. The molecule has 3 rings (SSSR count). The largest absolute Gasteiger partial charge is 0.333 e. The first-order chi connectivity index (χ1) is 10.3. The molecule has 0 bridgehead atoms. The van der Waals surface area contributed by atoms with E-state index in [0.717, 1.165) is 23.6 Å². The summed E-state index contributed by atoms with van der Waals surface area (Å²) in [5.41, 5.74) is 6.26. The van der Waals surface area contributed by atoms with E-state index in [0.29, 0.717) is 24.8 Å². The molecule has 1 aromatic heterocycles. The zero-order valence-corrected chi connectivity index (χ0v) is 12.2. The predicted octanol–water partition coefficient (Wildman–Crippen LogP) is 2.58. The van der Waals surface area contributed by atoms with Crippen LogP contribution in [0.3, 0.4) is 0 Å². The fourth-order valence-corrected chi connectivity index (χ4v) is 3.23. The molecule has 1 heterocycles. The molecule has 4 heteroatoms. The summed E-state index contributed by atoms with van der Waals surface area (Å²) in [5, 5.41) is 1.97. The topological polar surface area (TPSA) is 59.2 Å². The summed E-state index contributed by atoms with van der Waals surface area (Å²) in [5.74, 6) is 0.0177.